The molecule has 2 amide bonds. The van der Waals surface area contributed by atoms with Crippen LogP contribution in [0.1, 0.15) is 16.7 Å². The van der Waals surface area contributed by atoms with E-state index in [9.17, 15) is 9.59 Å². The van der Waals surface area contributed by atoms with E-state index in [0.29, 0.717) is 13.0 Å². The van der Waals surface area contributed by atoms with Crippen LogP contribution in [0.4, 0.5) is 4.79 Å². The molecule has 1 unspecified atom stereocenters. The Morgan fingerprint density at radius 2 is 1.78 bits per heavy atom. The number of hydrogen-bond acceptors (Lipinski definition) is 4. The molecule has 0 radical (unpaired) electrons. The number of benzene rings is 3. The monoisotopic (exact) mass is 377 g/mol. The first-order chi connectivity index (χ1) is 13.1. The molecule has 1 heterocycles. The normalized spacial score (nSPS) is 16.6. The summed E-state index contributed by atoms with van der Waals surface area (Å²) in [6.45, 7) is 2.62. The second-order valence-electron chi connectivity index (χ2n) is 6.65. The van der Waals surface area contributed by atoms with Crippen LogP contribution < -0.4 is 10.1 Å². The third kappa shape index (κ3) is 3.98. The van der Waals surface area contributed by atoms with Gasteiger partial charge in [-0.2, -0.15) is 0 Å². The van der Waals surface area contributed by atoms with Gasteiger partial charge < -0.3 is 4.74 Å². The lowest BCUT2D eigenvalue weighted by atomic mass is 10.0. The van der Waals surface area contributed by atoms with E-state index in [1.165, 1.54) is 11.1 Å². The molecule has 27 heavy (non-hydrogen) atoms. The molecule has 0 bridgehead atoms. The molecule has 1 atom stereocenters. The zero-order chi connectivity index (χ0) is 18.8. The van der Waals surface area contributed by atoms with Gasteiger partial charge in [0.1, 0.15) is 12.4 Å². The van der Waals surface area contributed by atoms with Gasteiger partial charge in [0.25, 0.3) is 5.24 Å². The highest BCUT2D eigenvalue weighted by Crippen LogP contribution is 2.27. The molecule has 0 saturated carbocycles. The van der Waals surface area contributed by atoms with Crippen molar-refractivity contribution >= 4 is 33.7 Å². The standard InChI is InChI=1S/C22H19NO3S/c1-14-4-2-3-5-18(14)13-26-19-9-8-16-10-15(6-7-17(16)12-19)11-20-21(24)23-22(25)27-20/h2-10,12,20H,11,13H2,1H3,(H,23,24,25). The fraction of sp³-hybridized carbons (Fsp3) is 0.182. The molecule has 1 saturated heterocycles. The van der Waals surface area contributed by atoms with Gasteiger partial charge in [-0.25, -0.2) is 0 Å². The molecule has 1 aliphatic rings. The van der Waals surface area contributed by atoms with Crippen LogP contribution in [0.2, 0.25) is 0 Å². The average Bonchev–Trinajstić information content (AvgIpc) is 2.98. The van der Waals surface area contributed by atoms with Crippen molar-refractivity contribution in [1.29, 1.82) is 0 Å². The van der Waals surface area contributed by atoms with Crippen LogP contribution in [0.15, 0.2) is 60.7 Å². The number of carbonyl (C=O) groups excluding carboxylic acids is 2. The van der Waals surface area contributed by atoms with Crippen molar-refractivity contribution in [3.8, 4) is 5.75 Å². The number of amides is 2. The molecule has 1 N–H and O–H groups in total. The number of carbonyl (C=O) groups is 2. The number of rotatable bonds is 5. The number of hydrogen-bond donors (Lipinski definition) is 1. The van der Waals surface area contributed by atoms with Gasteiger partial charge >= 0.3 is 0 Å². The Hall–Kier alpha value is -2.79. The lowest BCUT2D eigenvalue weighted by molar-refractivity contribution is -0.118. The molecule has 5 heteroatoms. The molecule has 4 nitrogen and oxygen atoms in total. The van der Waals surface area contributed by atoms with Crippen molar-refractivity contribution in [3.63, 3.8) is 0 Å². The van der Waals surface area contributed by atoms with E-state index in [4.69, 9.17) is 4.74 Å². The van der Waals surface area contributed by atoms with Crippen LogP contribution in [0, 0.1) is 6.92 Å². The molecule has 0 spiro atoms. The first-order valence-corrected chi connectivity index (χ1v) is 9.68. The first kappa shape index (κ1) is 17.6. The third-order valence-electron chi connectivity index (χ3n) is 4.72. The molecule has 136 valence electrons. The topological polar surface area (TPSA) is 55.4 Å². The minimum Gasteiger partial charge on any atom is -0.489 e. The Morgan fingerprint density at radius 3 is 2.56 bits per heavy atom. The Morgan fingerprint density at radius 1 is 1.00 bits per heavy atom. The highest BCUT2D eigenvalue weighted by molar-refractivity contribution is 8.15. The second-order valence-corrected chi connectivity index (χ2v) is 7.82. The molecule has 1 aliphatic heterocycles. The second kappa shape index (κ2) is 7.45. The Kier molecular flexibility index (Phi) is 4.86. The Labute approximate surface area is 161 Å². The summed E-state index contributed by atoms with van der Waals surface area (Å²) in [5, 5.41) is 3.90. The maximum absolute atomic E-state index is 11.7. The van der Waals surface area contributed by atoms with E-state index in [-0.39, 0.29) is 16.4 Å². The highest BCUT2D eigenvalue weighted by atomic mass is 32.2. The average molecular weight is 377 g/mol. The van der Waals surface area contributed by atoms with Crippen LogP contribution in [-0.4, -0.2) is 16.4 Å². The van der Waals surface area contributed by atoms with Crippen LogP contribution in [0.25, 0.3) is 10.8 Å². The summed E-state index contributed by atoms with van der Waals surface area (Å²) in [5.74, 6) is 0.625. The third-order valence-corrected chi connectivity index (χ3v) is 5.70. The van der Waals surface area contributed by atoms with E-state index < -0.39 is 0 Å². The SMILES string of the molecule is Cc1ccccc1COc1ccc2cc(CC3SC(=O)NC3=O)ccc2c1. The summed E-state index contributed by atoms with van der Waals surface area (Å²) in [6.07, 6.45) is 0.545. The Balaban J connectivity index is 1.48. The summed E-state index contributed by atoms with van der Waals surface area (Å²) >= 11 is 1.06. The maximum Gasteiger partial charge on any atom is 0.286 e. The van der Waals surface area contributed by atoms with Crippen LogP contribution >= 0.6 is 11.8 Å². The first-order valence-electron chi connectivity index (χ1n) is 8.80. The van der Waals surface area contributed by atoms with E-state index in [1.807, 2.05) is 42.5 Å². The van der Waals surface area contributed by atoms with E-state index in [1.54, 1.807) is 0 Å². The smallest absolute Gasteiger partial charge is 0.286 e. The summed E-state index contributed by atoms with van der Waals surface area (Å²) < 4.78 is 5.95. The predicted molar refractivity (Wildman–Crippen MR) is 108 cm³/mol. The van der Waals surface area contributed by atoms with Crippen molar-refractivity contribution in [2.24, 2.45) is 0 Å². The number of aryl methyl sites for hydroxylation is 1. The van der Waals surface area contributed by atoms with Crippen molar-refractivity contribution in [1.82, 2.24) is 5.32 Å². The maximum atomic E-state index is 11.7. The minimum absolute atomic E-state index is 0.204. The summed E-state index contributed by atoms with van der Waals surface area (Å²) in [6, 6.07) is 20.3. The van der Waals surface area contributed by atoms with Gasteiger partial charge in [-0.3, -0.25) is 14.9 Å². The lowest BCUT2D eigenvalue weighted by Crippen LogP contribution is -2.25. The number of nitrogens with one attached hydrogen (secondary N) is 1. The predicted octanol–water partition coefficient (Wildman–Crippen LogP) is 4.62. The molecule has 3 aromatic carbocycles. The van der Waals surface area contributed by atoms with E-state index in [0.717, 1.165) is 33.8 Å². The Bertz CT molecular complexity index is 1030. The lowest BCUT2D eigenvalue weighted by Gasteiger charge is -2.10. The summed E-state index contributed by atoms with van der Waals surface area (Å²) in [4.78, 5) is 23.0. The van der Waals surface area contributed by atoms with Gasteiger partial charge in [0.05, 0.1) is 5.25 Å². The zero-order valence-electron chi connectivity index (χ0n) is 14.9. The summed E-state index contributed by atoms with van der Waals surface area (Å²) in [7, 11) is 0. The van der Waals surface area contributed by atoms with Gasteiger partial charge in [-0.15, -0.1) is 0 Å². The number of fused-ring (bicyclic) bond motifs is 1. The molecular formula is C22H19NO3S. The number of ether oxygens (including phenoxy) is 1. The number of imide groups is 1. The fourth-order valence-electron chi connectivity index (χ4n) is 3.16. The molecule has 4 rings (SSSR count). The van der Waals surface area contributed by atoms with Gasteiger partial charge in [0, 0.05) is 0 Å². The van der Waals surface area contributed by atoms with Crippen molar-refractivity contribution in [2.75, 3.05) is 0 Å². The van der Waals surface area contributed by atoms with Gasteiger partial charge in [-0.05, 0) is 52.9 Å². The van der Waals surface area contributed by atoms with E-state index >= 15 is 0 Å². The fourth-order valence-corrected chi connectivity index (χ4v) is 4.02. The largest absolute Gasteiger partial charge is 0.489 e. The van der Waals surface area contributed by atoms with Crippen molar-refractivity contribution < 1.29 is 14.3 Å². The molecule has 0 aromatic heterocycles. The van der Waals surface area contributed by atoms with Crippen LogP contribution in [-0.2, 0) is 17.8 Å². The highest BCUT2D eigenvalue weighted by Gasteiger charge is 2.31. The van der Waals surface area contributed by atoms with Gasteiger partial charge in [-0.1, -0.05) is 60.3 Å². The van der Waals surface area contributed by atoms with Crippen molar-refractivity contribution in [3.05, 3.63) is 77.4 Å². The van der Waals surface area contributed by atoms with Crippen LogP contribution in [0.3, 0.4) is 0 Å². The quantitative estimate of drug-likeness (QED) is 0.705. The molecule has 3 aromatic rings. The van der Waals surface area contributed by atoms with Crippen molar-refractivity contribution in [2.45, 2.75) is 25.2 Å². The zero-order valence-corrected chi connectivity index (χ0v) is 15.7. The van der Waals surface area contributed by atoms with Gasteiger partial charge in [0.2, 0.25) is 5.91 Å². The van der Waals surface area contributed by atoms with E-state index in [2.05, 4.69) is 30.4 Å². The minimum atomic E-state index is -0.341. The number of thioether (sulfide) groups is 1. The van der Waals surface area contributed by atoms with Gasteiger partial charge in [0.15, 0.2) is 0 Å². The molecule has 1 fully saturated rings. The molecular weight excluding hydrogens is 358 g/mol. The van der Waals surface area contributed by atoms with Crippen LogP contribution in [0.5, 0.6) is 5.75 Å². The molecule has 0 aliphatic carbocycles. The summed E-state index contributed by atoms with van der Waals surface area (Å²) in [5.41, 5.74) is 3.43.